The lowest BCUT2D eigenvalue weighted by Gasteiger charge is -2.36. The highest BCUT2D eigenvalue weighted by molar-refractivity contribution is 6.02. The predicted octanol–water partition coefficient (Wildman–Crippen LogP) is 5.92. The van der Waals surface area contributed by atoms with Gasteiger partial charge in [-0.05, 0) is 66.8 Å². The van der Waals surface area contributed by atoms with Gasteiger partial charge in [-0.3, -0.25) is 0 Å². The van der Waals surface area contributed by atoms with E-state index in [0.29, 0.717) is 6.61 Å². The highest BCUT2D eigenvalue weighted by Gasteiger charge is 2.31. The minimum Gasteiger partial charge on any atom is -0.495 e. The second kappa shape index (κ2) is 10.1. The molecule has 0 saturated carbocycles. The number of hydrogen-bond donors (Lipinski definition) is 0. The smallest absolute Gasteiger partial charge is 0.171 e. The van der Waals surface area contributed by atoms with Gasteiger partial charge in [0.1, 0.15) is 18.2 Å². The van der Waals surface area contributed by atoms with E-state index in [4.69, 9.17) is 9.57 Å². The topological polar surface area (TPSA) is 51.9 Å². The average Bonchev–Trinajstić information content (AvgIpc) is 3.13. The third kappa shape index (κ3) is 4.69. The first-order chi connectivity index (χ1) is 16.1. The van der Waals surface area contributed by atoms with Gasteiger partial charge in [0.15, 0.2) is 5.84 Å². The van der Waals surface area contributed by atoms with Crippen molar-refractivity contribution in [3.05, 3.63) is 83.2 Å². The lowest BCUT2D eigenvalue weighted by molar-refractivity contribution is 0.140. The molecule has 1 aromatic heterocycles. The van der Waals surface area contributed by atoms with Gasteiger partial charge in [-0.15, -0.1) is 0 Å². The number of aromatic nitrogens is 2. The summed E-state index contributed by atoms with van der Waals surface area (Å²) in [6.45, 7) is 3.33. The summed E-state index contributed by atoms with van der Waals surface area (Å²) in [6.07, 6.45) is 8.57. The van der Waals surface area contributed by atoms with Gasteiger partial charge in [-0.2, -0.15) is 0 Å². The van der Waals surface area contributed by atoms with E-state index in [1.807, 2.05) is 35.9 Å². The summed E-state index contributed by atoms with van der Waals surface area (Å²) >= 11 is 0. The number of hydrogen-bond acceptors (Lipinski definition) is 5. The number of amidine groups is 1. The van der Waals surface area contributed by atoms with Crippen LogP contribution in [0, 0.1) is 12.7 Å². The van der Waals surface area contributed by atoms with Gasteiger partial charge < -0.3 is 19.0 Å². The molecule has 1 fully saturated rings. The van der Waals surface area contributed by atoms with Crippen molar-refractivity contribution < 1.29 is 14.0 Å². The maximum absolute atomic E-state index is 13.9. The van der Waals surface area contributed by atoms with Crippen LogP contribution in [-0.4, -0.2) is 40.5 Å². The van der Waals surface area contributed by atoms with Crippen LogP contribution in [0.1, 0.15) is 49.6 Å². The van der Waals surface area contributed by atoms with Crippen molar-refractivity contribution in [2.45, 2.75) is 39.7 Å². The van der Waals surface area contributed by atoms with E-state index >= 15 is 0 Å². The van der Waals surface area contributed by atoms with Crippen molar-refractivity contribution in [3.63, 3.8) is 0 Å². The van der Waals surface area contributed by atoms with Gasteiger partial charge in [0.25, 0.3) is 0 Å². The zero-order valence-corrected chi connectivity index (χ0v) is 18.9. The summed E-state index contributed by atoms with van der Waals surface area (Å²) in [7, 11) is 1.68. The van der Waals surface area contributed by atoms with Gasteiger partial charge in [0.2, 0.25) is 0 Å². The molecule has 3 aromatic rings. The molecule has 0 spiro atoms. The molecule has 2 aliphatic heterocycles. The van der Waals surface area contributed by atoms with Crippen LogP contribution in [0.25, 0.3) is 11.8 Å². The zero-order valence-electron chi connectivity index (χ0n) is 18.9. The van der Waals surface area contributed by atoms with E-state index in [9.17, 15) is 4.39 Å². The van der Waals surface area contributed by atoms with Crippen LogP contribution in [0.15, 0.2) is 65.7 Å². The van der Waals surface area contributed by atoms with Crippen LogP contribution in [0.4, 0.5) is 4.39 Å². The molecule has 5 rings (SSSR count). The average molecular weight is 463 g/mol. The van der Waals surface area contributed by atoms with Crippen molar-refractivity contribution in [2.75, 3.05) is 20.3 Å². The Morgan fingerprint density at radius 3 is 2.85 bits per heavy atom. The summed E-state index contributed by atoms with van der Waals surface area (Å²) in [5.74, 6) is 1.39. The third-order valence-electron chi connectivity index (χ3n) is 6.18. The number of benzene rings is 2. The molecule has 0 aliphatic carbocycles. The SMILES string of the molecule is C.COc1cc(/C=C2\CCCN3C2=NOCCC3c2cccc(F)c2)ccc1-n1cnc(C)c1. The van der Waals surface area contributed by atoms with Crippen LogP contribution >= 0.6 is 0 Å². The van der Waals surface area contributed by atoms with Crippen LogP contribution < -0.4 is 4.74 Å². The number of imidazole rings is 1. The van der Waals surface area contributed by atoms with E-state index in [1.54, 1.807) is 25.6 Å². The fraction of sp³-hybridized carbons (Fsp3) is 0.333. The summed E-state index contributed by atoms with van der Waals surface area (Å²) in [5, 5.41) is 4.47. The van der Waals surface area contributed by atoms with Gasteiger partial charge >= 0.3 is 0 Å². The number of piperidine rings is 1. The monoisotopic (exact) mass is 462 g/mol. The Balaban J connectivity index is 0.00000274. The van der Waals surface area contributed by atoms with E-state index in [-0.39, 0.29) is 19.3 Å². The minimum absolute atomic E-state index is 0. The summed E-state index contributed by atoms with van der Waals surface area (Å²) in [4.78, 5) is 12.2. The number of methoxy groups -OCH3 is 1. The van der Waals surface area contributed by atoms with Crippen molar-refractivity contribution in [3.8, 4) is 11.4 Å². The molecule has 0 amide bonds. The standard InChI is InChI=1S/C26H27FN4O2.CH4/c1-18-16-30(17-28-18)24-9-8-19(14-25(24)32-2)13-21-6-4-11-31-23(10-12-33-29-26(21)31)20-5-3-7-22(27)15-20;/h3,5,7-9,13-17,23H,4,6,10-12H2,1-2H3;1H4/b21-13+;. The number of oxime groups is 1. The first-order valence-electron chi connectivity index (χ1n) is 11.2. The van der Waals surface area contributed by atoms with E-state index in [1.165, 1.54) is 6.07 Å². The fourth-order valence-electron chi connectivity index (χ4n) is 4.63. The Bertz CT molecular complexity index is 1220. The van der Waals surface area contributed by atoms with Crippen molar-refractivity contribution >= 4 is 11.9 Å². The van der Waals surface area contributed by atoms with E-state index in [0.717, 1.165) is 65.5 Å². The number of aryl methyl sites for hydroxylation is 1. The number of nitrogens with zero attached hydrogens (tertiary/aromatic N) is 4. The van der Waals surface area contributed by atoms with E-state index in [2.05, 4.69) is 27.2 Å². The second-order valence-corrected chi connectivity index (χ2v) is 8.43. The van der Waals surface area contributed by atoms with Gasteiger partial charge in [-0.25, -0.2) is 9.37 Å². The molecule has 2 aliphatic rings. The lowest BCUT2D eigenvalue weighted by atomic mass is 9.95. The Morgan fingerprint density at radius 2 is 2.09 bits per heavy atom. The van der Waals surface area contributed by atoms with Crippen LogP contribution in [-0.2, 0) is 4.84 Å². The van der Waals surface area contributed by atoms with Gasteiger partial charge in [0, 0.05) is 19.2 Å². The molecule has 3 heterocycles. The molecule has 0 bridgehead atoms. The quantitative estimate of drug-likeness (QED) is 0.483. The Hall–Kier alpha value is -3.61. The maximum atomic E-state index is 13.9. The van der Waals surface area contributed by atoms with Crippen LogP contribution in [0.5, 0.6) is 5.75 Å². The molecule has 178 valence electrons. The summed E-state index contributed by atoms with van der Waals surface area (Å²) < 4.78 is 21.6. The molecule has 6 nitrogen and oxygen atoms in total. The molecule has 2 aromatic carbocycles. The molecule has 7 heteroatoms. The Labute approximate surface area is 200 Å². The third-order valence-corrected chi connectivity index (χ3v) is 6.18. The fourth-order valence-corrected chi connectivity index (χ4v) is 4.63. The normalized spacial score (nSPS) is 18.9. The molecule has 0 radical (unpaired) electrons. The number of rotatable bonds is 4. The number of halogens is 1. The largest absolute Gasteiger partial charge is 0.495 e. The first kappa shape index (κ1) is 23.5. The van der Waals surface area contributed by atoms with Crippen molar-refractivity contribution in [1.82, 2.24) is 14.5 Å². The molecule has 1 unspecified atom stereocenters. The second-order valence-electron chi connectivity index (χ2n) is 8.43. The molecule has 0 N–H and O–H groups in total. The summed E-state index contributed by atoms with van der Waals surface area (Å²) in [5.41, 5.74) is 4.98. The molecular formula is C27H31FN4O2. The van der Waals surface area contributed by atoms with E-state index < -0.39 is 0 Å². The van der Waals surface area contributed by atoms with Crippen LogP contribution in [0.3, 0.4) is 0 Å². The summed E-state index contributed by atoms with van der Waals surface area (Å²) in [6, 6.07) is 13.0. The molecule has 34 heavy (non-hydrogen) atoms. The maximum Gasteiger partial charge on any atom is 0.171 e. The number of ether oxygens (including phenoxy) is 1. The molecular weight excluding hydrogens is 431 g/mol. The lowest BCUT2D eigenvalue weighted by Crippen LogP contribution is -2.39. The zero-order chi connectivity index (χ0) is 22.8. The van der Waals surface area contributed by atoms with Crippen molar-refractivity contribution in [2.24, 2.45) is 5.16 Å². The van der Waals surface area contributed by atoms with Gasteiger partial charge in [-0.1, -0.05) is 30.8 Å². The Kier molecular flexibility index (Phi) is 7.01. The molecule has 1 atom stereocenters. The number of fused-ring (bicyclic) bond motifs is 1. The molecule has 1 saturated heterocycles. The van der Waals surface area contributed by atoms with Crippen LogP contribution in [0.2, 0.25) is 0 Å². The highest BCUT2D eigenvalue weighted by Crippen LogP contribution is 2.34. The van der Waals surface area contributed by atoms with Gasteiger partial charge in [0.05, 0.1) is 30.9 Å². The predicted molar refractivity (Wildman–Crippen MR) is 133 cm³/mol. The first-order valence-corrected chi connectivity index (χ1v) is 11.2. The van der Waals surface area contributed by atoms with Crippen molar-refractivity contribution in [1.29, 1.82) is 0 Å². The minimum atomic E-state index is -0.218. The Morgan fingerprint density at radius 1 is 1.21 bits per heavy atom. The highest BCUT2D eigenvalue weighted by atomic mass is 19.1.